The highest BCUT2D eigenvalue weighted by atomic mass is 32.1. The van der Waals surface area contributed by atoms with Gasteiger partial charge in [-0.15, -0.1) is 11.3 Å². The Hall–Kier alpha value is -2.15. The number of hydrogen-bond donors (Lipinski definition) is 2. The van der Waals surface area contributed by atoms with Gasteiger partial charge in [-0.2, -0.15) is 0 Å². The molecule has 0 spiro atoms. The molecule has 0 aliphatic rings. The zero-order valence-electron chi connectivity index (χ0n) is 14.5. The molecule has 0 aliphatic heterocycles. The predicted octanol–water partition coefficient (Wildman–Crippen LogP) is 2.75. The summed E-state index contributed by atoms with van der Waals surface area (Å²) in [6, 6.07) is 3.88. The fraction of sp³-hybridized carbons (Fsp3) is 0.471. The fourth-order valence-electron chi connectivity index (χ4n) is 2.07. The monoisotopic (exact) mass is 347 g/mol. The molecule has 0 radical (unpaired) electrons. The quantitative estimate of drug-likeness (QED) is 0.567. The average molecular weight is 347 g/mol. The van der Waals surface area contributed by atoms with E-state index in [9.17, 15) is 0 Å². The Labute approximate surface area is 147 Å². The van der Waals surface area contributed by atoms with Crippen LogP contribution in [-0.2, 0) is 19.5 Å². The molecule has 2 aromatic heterocycles. The number of pyridine rings is 1. The Kier molecular flexibility index (Phi) is 7.48. The van der Waals surface area contributed by atoms with Crippen molar-refractivity contribution in [3.63, 3.8) is 0 Å². The molecule has 0 fully saturated rings. The van der Waals surface area contributed by atoms with Gasteiger partial charge in [0.05, 0.1) is 19.7 Å². The van der Waals surface area contributed by atoms with Crippen LogP contribution >= 0.6 is 11.3 Å². The van der Waals surface area contributed by atoms with Gasteiger partial charge in [0.1, 0.15) is 5.01 Å². The second-order valence-corrected chi connectivity index (χ2v) is 6.22. The first-order valence-electron chi connectivity index (χ1n) is 8.29. The Balaban J connectivity index is 1.99. The molecule has 24 heavy (non-hydrogen) atoms. The van der Waals surface area contributed by atoms with Crippen molar-refractivity contribution in [1.82, 2.24) is 20.6 Å². The molecule has 0 atom stereocenters. The van der Waals surface area contributed by atoms with Gasteiger partial charge in [-0.25, -0.2) is 15.0 Å². The number of aliphatic imine (C=N–C) groups is 1. The maximum Gasteiger partial charge on any atom is 0.218 e. The summed E-state index contributed by atoms with van der Waals surface area (Å²) in [5, 5.41) is 7.64. The van der Waals surface area contributed by atoms with E-state index in [0.717, 1.165) is 29.5 Å². The lowest BCUT2D eigenvalue weighted by atomic mass is 10.3. The van der Waals surface area contributed by atoms with E-state index in [1.54, 1.807) is 17.5 Å². The Bertz CT molecular complexity index is 656. The molecule has 2 N–H and O–H groups in total. The molecule has 6 nitrogen and oxygen atoms in total. The minimum Gasteiger partial charge on any atom is -0.478 e. The topological polar surface area (TPSA) is 71.4 Å². The Morgan fingerprint density at radius 3 is 2.83 bits per heavy atom. The van der Waals surface area contributed by atoms with E-state index in [0.29, 0.717) is 25.6 Å². The average Bonchev–Trinajstić information content (AvgIpc) is 3.07. The van der Waals surface area contributed by atoms with Gasteiger partial charge < -0.3 is 15.4 Å². The van der Waals surface area contributed by atoms with Crippen LogP contribution in [0.3, 0.4) is 0 Å². The van der Waals surface area contributed by atoms with Gasteiger partial charge in [-0.3, -0.25) is 0 Å². The van der Waals surface area contributed by atoms with Crippen molar-refractivity contribution in [2.45, 2.75) is 40.3 Å². The first-order chi connectivity index (χ1) is 11.8. The molecule has 0 aromatic carbocycles. The van der Waals surface area contributed by atoms with Crippen LogP contribution in [0, 0.1) is 0 Å². The highest BCUT2D eigenvalue weighted by Gasteiger charge is 2.05. The maximum absolute atomic E-state index is 5.54. The lowest BCUT2D eigenvalue weighted by molar-refractivity contribution is 0.323. The number of nitrogens with zero attached hydrogens (tertiary/aromatic N) is 3. The predicted molar refractivity (Wildman–Crippen MR) is 98.6 cm³/mol. The first-order valence-corrected chi connectivity index (χ1v) is 9.10. The lowest BCUT2D eigenvalue weighted by Crippen LogP contribution is -2.36. The van der Waals surface area contributed by atoms with E-state index in [1.807, 2.05) is 32.2 Å². The van der Waals surface area contributed by atoms with Gasteiger partial charge in [-0.05, 0) is 26.3 Å². The van der Waals surface area contributed by atoms with Crippen LogP contribution in [0.5, 0.6) is 5.88 Å². The van der Waals surface area contributed by atoms with Crippen molar-refractivity contribution < 1.29 is 4.74 Å². The highest BCUT2D eigenvalue weighted by Crippen LogP contribution is 2.15. The summed E-state index contributed by atoms with van der Waals surface area (Å²) in [5.41, 5.74) is 0.971. The SMILES string of the molecule is CCNC(=NCc1cccnc1OCC)NCc1ncc(CC)s1. The number of guanidine groups is 1. The van der Waals surface area contributed by atoms with Gasteiger partial charge in [0.15, 0.2) is 5.96 Å². The van der Waals surface area contributed by atoms with E-state index in [2.05, 4.69) is 32.5 Å². The third kappa shape index (κ3) is 5.49. The number of rotatable bonds is 8. The fourth-order valence-corrected chi connectivity index (χ4v) is 2.87. The van der Waals surface area contributed by atoms with Crippen LogP contribution in [-0.4, -0.2) is 29.1 Å². The number of hydrogen-bond acceptors (Lipinski definition) is 5. The summed E-state index contributed by atoms with van der Waals surface area (Å²) in [4.78, 5) is 14.6. The molecule has 2 heterocycles. The molecule has 0 unspecified atom stereocenters. The number of aromatic nitrogens is 2. The van der Waals surface area contributed by atoms with Crippen LogP contribution in [0.2, 0.25) is 0 Å². The zero-order chi connectivity index (χ0) is 17.2. The van der Waals surface area contributed by atoms with E-state index < -0.39 is 0 Å². The van der Waals surface area contributed by atoms with Crippen molar-refractivity contribution in [3.05, 3.63) is 40.0 Å². The van der Waals surface area contributed by atoms with Gasteiger partial charge in [0.2, 0.25) is 5.88 Å². The Morgan fingerprint density at radius 1 is 1.25 bits per heavy atom. The van der Waals surface area contributed by atoms with E-state index in [-0.39, 0.29) is 0 Å². The minimum absolute atomic E-state index is 0.511. The second-order valence-electron chi connectivity index (χ2n) is 5.02. The van der Waals surface area contributed by atoms with Crippen molar-refractivity contribution in [3.8, 4) is 5.88 Å². The molecular weight excluding hydrogens is 322 g/mol. The summed E-state index contributed by atoms with van der Waals surface area (Å²) in [5.74, 6) is 1.41. The smallest absolute Gasteiger partial charge is 0.218 e. The van der Waals surface area contributed by atoms with E-state index in [1.165, 1.54) is 4.88 Å². The van der Waals surface area contributed by atoms with Gasteiger partial charge in [0, 0.05) is 29.4 Å². The summed E-state index contributed by atoms with van der Waals surface area (Å²) in [6.07, 6.45) is 4.69. The molecule has 0 amide bonds. The number of ether oxygens (including phenoxy) is 1. The minimum atomic E-state index is 0.511. The molecule has 2 aromatic rings. The van der Waals surface area contributed by atoms with Gasteiger partial charge in [-0.1, -0.05) is 13.0 Å². The standard InChI is InChI=1S/C17H25N5OS/c1-4-14-11-20-15(24-14)12-22-17(18-5-2)21-10-13-8-7-9-19-16(13)23-6-3/h7-9,11H,4-6,10,12H2,1-3H3,(H2,18,21,22). The molecule has 130 valence electrons. The van der Waals surface area contributed by atoms with Crippen molar-refractivity contribution >= 4 is 17.3 Å². The highest BCUT2D eigenvalue weighted by molar-refractivity contribution is 7.11. The maximum atomic E-state index is 5.54. The number of nitrogens with one attached hydrogen (secondary N) is 2. The third-order valence-corrected chi connectivity index (χ3v) is 4.38. The number of aryl methyl sites for hydroxylation is 1. The van der Waals surface area contributed by atoms with Crippen molar-refractivity contribution in [1.29, 1.82) is 0 Å². The molecule has 0 saturated carbocycles. The van der Waals surface area contributed by atoms with E-state index >= 15 is 0 Å². The molecule has 2 rings (SSSR count). The molecule has 0 bridgehead atoms. The Morgan fingerprint density at radius 2 is 2.12 bits per heavy atom. The third-order valence-electron chi connectivity index (χ3n) is 3.24. The van der Waals surface area contributed by atoms with E-state index in [4.69, 9.17) is 4.74 Å². The first kappa shape index (κ1) is 18.2. The van der Waals surface area contributed by atoms with Crippen LogP contribution in [0.25, 0.3) is 0 Å². The largest absolute Gasteiger partial charge is 0.478 e. The van der Waals surface area contributed by atoms with Crippen LogP contribution in [0.15, 0.2) is 29.5 Å². The normalized spacial score (nSPS) is 11.4. The molecule has 0 saturated heterocycles. The number of thiazole rings is 1. The molecule has 7 heteroatoms. The van der Waals surface area contributed by atoms with Crippen LogP contribution in [0.4, 0.5) is 0 Å². The van der Waals surface area contributed by atoms with Gasteiger partial charge in [0.25, 0.3) is 0 Å². The summed E-state index contributed by atoms with van der Waals surface area (Å²) < 4.78 is 5.54. The second kappa shape index (κ2) is 9.87. The lowest BCUT2D eigenvalue weighted by Gasteiger charge is -2.11. The zero-order valence-corrected chi connectivity index (χ0v) is 15.3. The van der Waals surface area contributed by atoms with Crippen LogP contribution < -0.4 is 15.4 Å². The summed E-state index contributed by atoms with van der Waals surface area (Å²) >= 11 is 1.73. The molecular formula is C17H25N5OS. The van der Waals surface area contributed by atoms with Crippen LogP contribution in [0.1, 0.15) is 36.2 Å². The summed E-state index contributed by atoms with van der Waals surface area (Å²) in [7, 11) is 0. The van der Waals surface area contributed by atoms with Gasteiger partial charge >= 0.3 is 0 Å². The summed E-state index contributed by atoms with van der Waals surface area (Å²) in [6.45, 7) is 8.71. The van der Waals surface area contributed by atoms with Crippen molar-refractivity contribution in [2.24, 2.45) is 4.99 Å². The van der Waals surface area contributed by atoms with Crippen molar-refractivity contribution in [2.75, 3.05) is 13.2 Å². The molecule has 0 aliphatic carbocycles.